The summed E-state index contributed by atoms with van der Waals surface area (Å²) < 4.78 is 5.67. The molecule has 0 radical (unpaired) electrons. The van der Waals surface area contributed by atoms with Gasteiger partial charge in [0.25, 0.3) is 5.91 Å². The molecular weight excluding hydrogens is 405 g/mol. The fourth-order valence-corrected chi connectivity index (χ4v) is 4.05. The maximum atomic E-state index is 12.5. The predicted molar refractivity (Wildman–Crippen MR) is 111 cm³/mol. The van der Waals surface area contributed by atoms with Crippen LogP contribution in [0.4, 0.5) is 11.4 Å². The van der Waals surface area contributed by atoms with Crippen molar-refractivity contribution in [1.82, 2.24) is 0 Å². The Kier molecular flexibility index (Phi) is 9.70. The summed E-state index contributed by atoms with van der Waals surface area (Å²) in [4.78, 5) is 14.8. The van der Waals surface area contributed by atoms with Gasteiger partial charge in [0.05, 0.1) is 17.5 Å². The van der Waals surface area contributed by atoms with Crippen molar-refractivity contribution in [2.45, 2.75) is 25.0 Å². The lowest BCUT2D eigenvalue weighted by Gasteiger charge is -2.30. The highest BCUT2D eigenvalue weighted by molar-refractivity contribution is 7.99. The highest BCUT2D eigenvalue weighted by atomic mass is 35.5. The van der Waals surface area contributed by atoms with Gasteiger partial charge in [-0.1, -0.05) is 11.6 Å². The quantitative estimate of drug-likeness (QED) is 0.771. The maximum Gasteiger partial charge on any atom is 0.253 e. The van der Waals surface area contributed by atoms with Gasteiger partial charge < -0.3 is 20.7 Å². The number of nitrogens with one attached hydrogen (secondary N) is 1. The van der Waals surface area contributed by atoms with Gasteiger partial charge in [0.15, 0.2) is 0 Å². The second-order valence-electron chi connectivity index (χ2n) is 5.81. The normalized spacial score (nSPS) is 22.7. The van der Waals surface area contributed by atoms with E-state index in [0.717, 1.165) is 42.4 Å². The number of ether oxygens (including phenoxy) is 1. The number of carbonyl (C=O) groups excluding carboxylic acids is 1. The zero-order chi connectivity index (χ0) is 16.2. The summed E-state index contributed by atoms with van der Waals surface area (Å²) in [6.45, 7) is 2.41. The summed E-state index contributed by atoms with van der Waals surface area (Å²) in [5.74, 6) is 2.08. The SMILES string of the molecule is Cl.Cl.NC[C@H]1CC[C@@H](C(=O)Nc2cc(Cl)ccc2N2CCSCC2)O1. The third kappa shape index (κ3) is 5.81. The first kappa shape index (κ1) is 22.7. The molecule has 1 aromatic rings. The number of anilines is 2. The van der Waals surface area contributed by atoms with Gasteiger partial charge in [-0.3, -0.25) is 4.79 Å². The van der Waals surface area contributed by atoms with E-state index in [1.54, 1.807) is 0 Å². The fourth-order valence-electron chi connectivity index (χ4n) is 2.97. The summed E-state index contributed by atoms with van der Waals surface area (Å²) in [5.41, 5.74) is 7.39. The molecule has 0 aliphatic carbocycles. The lowest BCUT2D eigenvalue weighted by Crippen LogP contribution is -2.34. The van der Waals surface area contributed by atoms with Crippen molar-refractivity contribution in [3.63, 3.8) is 0 Å². The predicted octanol–water partition coefficient (Wildman–Crippen LogP) is 3.18. The molecular formula is C16H24Cl3N3O2S. The molecule has 3 N–H and O–H groups in total. The van der Waals surface area contributed by atoms with Crippen molar-refractivity contribution in [3.8, 4) is 0 Å². The molecule has 25 heavy (non-hydrogen) atoms. The molecule has 2 saturated heterocycles. The second kappa shape index (κ2) is 10.7. The van der Waals surface area contributed by atoms with E-state index in [1.807, 2.05) is 30.0 Å². The molecule has 2 aliphatic rings. The standard InChI is InChI=1S/C16H22ClN3O2S.2ClH/c17-11-1-3-14(20-5-7-23-8-6-20)13(9-11)19-16(21)15-4-2-12(10-18)22-15;;/h1,3,9,12,15H,2,4-8,10,18H2,(H,19,21);2*1H/t12-,15+;;/m1../s1. The molecule has 3 rings (SSSR count). The Bertz CT molecular complexity index is 574. The molecule has 1 amide bonds. The number of rotatable bonds is 4. The van der Waals surface area contributed by atoms with Gasteiger partial charge in [0.2, 0.25) is 0 Å². The van der Waals surface area contributed by atoms with Gasteiger partial charge >= 0.3 is 0 Å². The van der Waals surface area contributed by atoms with Crippen LogP contribution in [0.1, 0.15) is 12.8 Å². The number of amides is 1. The molecule has 1 aromatic carbocycles. The molecule has 0 unspecified atom stereocenters. The van der Waals surface area contributed by atoms with Gasteiger partial charge in [-0.05, 0) is 31.0 Å². The van der Waals surface area contributed by atoms with Crippen molar-refractivity contribution < 1.29 is 9.53 Å². The number of thioether (sulfide) groups is 1. The molecule has 2 aliphatic heterocycles. The minimum atomic E-state index is -0.424. The van der Waals surface area contributed by atoms with Gasteiger partial charge in [0, 0.05) is 36.2 Å². The van der Waals surface area contributed by atoms with Gasteiger partial charge in [-0.2, -0.15) is 11.8 Å². The molecule has 5 nitrogen and oxygen atoms in total. The Morgan fingerprint density at radius 1 is 1.32 bits per heavy atom. The highest BCUT2D eigenvalue weighted by Crippen LogP contribution is 2.31. The third-order valence-corrected chi connectivity index (χ3v) is 5.41. The Hall–Kier alpha value is -0.370. The number of carbonyl (C=O) groups is 1. The number of hydrogen-bond donors (Lipinski definition) is 2. The Morgan fingerprint density at radius 2 is 2.04 bits per heavy atom. The topological polar surface area (TPSA) is 67.6 Å². The first-order chi connectivity index (χ1) is 11.2. The Morgan fingerprint density at radius 3 is 2.68 bits per heavy atom. The molecule has 142 valence electrons. The summed E-state index contributed by atoms with van der Waals surface area (Å²) in [5, 5.41) is 3.61. The molecule has 0 aromatic heterocycles. The maximum absolute atomic E-state index is 12.5. The number of nitrogens with zero attached hydrogens (tertiary/aromatic N) is 1. The van der Waals surface area contributed by atoms with E-state index in [9.17, 15) is 4.79 Å². The third-order valence-electron chi connectivity index (χ3n) is 4.23. The van der Waals surface area contributed by atoms with Crippen LogP contribution in [0.15, 0.2) is 18.2 Å². The fraction of sp³-hybridized carbons (Fsp3) is 0.562. The van der Waals surface area contributed by atoms with Crippen LogP contribution in [-0.4, -0.2) is 49.3 Å². The smallest absolute Gasteiger partial charge is 0.253 e. The number of nitrogens with two attached hydrogens (primary N) is 1. The largest absolute Gasteiger partial charge is 0.368 e. The minimum absolute atomic E-state index is 0. The van der Waals surface area contributed by atoms with Crippen LogP contribution < -0.4 is 16.0 Å². The number of hydrogen-bond acceptors (Lipinski definition) is 5. The minimum Gasteiger partial charge on any atom is -0.368 e. The molecule has 2 fully saturated rings. The van der Waals surface area contributed by atoms with E-state index >= 15 is 0 Å². The van der Waals surface area contributed by atoms with Crippen LogP contribution in [0.2, 0.25) is 5.02 Å². The van der Waals surface area contributed by atoms with Crippen molar-refractivity contribution >= 4 is 65.5 Å². The number of benzene rings is 1. The average Bonchev–Trinajstić information content (AvgIpc) is 3.05. The Labute approximate surface area is 170 Å². The van der Waals surface area contributed by atoms with Crippen molar-refractivity contribution in [2.24, 2.45) is 5.73 Å². The molecule has 2 atom stereocenters. The van der Waals surface area contributed by atoms with Crippen LogP contribution in [0.5, 0.6) is 0 Å². The average molecular weight is 429 g/mol. The van der Waals surface area contributed by atoms with Crippen molar-refractivity contribution in [2.75, 3.05) is 41.4 Å². The molecule has 2 heterocycles. The molecule has 0 saturated carbocycles. The first-order valence-electron chi connectivity index (χ1n) is 7.96. The van der Waals surface area contributed by atoms with Gasteiger partial charge in [0.1, 0.15) is 6.10 Å². The van der Waals surface area contributed by atoms with Gasteiger partial charge in [-0.25, -0.2) is 0 Å². The van der Waals surface area contributed by atoms with E-state index < -0.39 is 6.10 Å². The van der Waals surface area contributed by atoms with Crippen molar-refractivity contribution in [1.29, 1.82) is 0 Å². The van der Waals surface area contributed by atoms with Crippen LogP contribution in [0, 0.1) is 0 Å². The van der Waals surface area contributed by atoms with Crippen LogP contribution >= 0.6 is 48.2 Å². The van der Waals surface area contributed by atoms with E-state index in [1.165, 1.54) is 0 Å². The van der Waals surface area contributed by atoms with E-state index in [2.05, 4.69) is 10.2 Å². The van der Waals surface area contributed by atoms with Crippen molar-refractivity contribution in [3.05, 3.63) is 23.2 Å². The summed E-state index contributed by atoms with van der Waals surface area (Å²) in [7, 11) is 0. The summed E-state index contributed by atoms with van der Waals surface area (Å²) in [6, 6.07) is 5.66. The van der Waals surface area contributed by atoms with Crippen LogP contribution in [-0.2, 0) is 9.53 Å². The zero-order valence-corrected chi connectivity index (χ0v) is 17.0. The zero-order valence-electron chi connectivity index (χ0n) is 13.8. The lowest BCUT2D eigenvalue weighted by molar-refractivity contribution is -0.126. The second-order valence-corrected chi connectivity index (χ2v) is 7.47. The molecule has 0 spiro atoms. The Balaban J connectivity index is 0.00000156. The van der Waals surface area contributed by atoms with Crippen LogP contribution in [0.25, 0.3) is 0 Å². The van der Waals surface area contributed by atoms with E-state index in [-0.39, 0.29) is 36.8 Å². The molecule has 9 heteroatoms. The summed E-state index contributed by atoms with van der Waals surface area (Å²) >= 11 is 8.08. The highest BCUT2D eigenvalue weighted by Gasteiger charge is 2.30. The van der Waals surface area contributed by atoms with E-state index in [4.69, 9.17) is 22.1 Å². The monoisotopic (exact) mass is 427 g/mol. The lowest BCUT2D eigenvalue weighted by atomic mass is 10.1. The first-order valence-corrected chi connectivity index (χ1v) is 9.49. The summed E-state index contributed by atoms with van der Waals surface area (Å²) in [6.07, 6.45) is 1.11. The van der Waals surface area contributed by atoms with Crippen LogP contribution in [0.3, 0.4) is 0 Å². The number of halogens is 3. The van der Waals surface area contributed by atoms with E-state index in [0.29, 0.717) is 18.0 Å². The molecule has 0 bridgehead atoms. The van der Waals surface area contributed by atoms with Gasteiger partial charge in [-0.15, -0.1) is 24.8 Å².